The molecule has 1 amide bonds. The van der Waals surface area contributed by atoms with Gasteiger partial charge in [-0.05, 0) is 53.3 Å². The van der Waals surface area contributed by atoms with E-state index in [1.807, 2.05) is 41.9 Å². The number of sulfonamides is 1. The molecule has 0 aliphatic rings. The Morgan fingerprint density at radius 2 is 1.85 bits per heavy atom. The molecule has 3 heterocycles. The van der Waals surface area contributed by atoms with Gasteiger partial charge >= 0.3 is 0 Å². The summed E-state index contributed by atoms with van der Waals surface area (Å²) in [5.74, 6) is 1.68. The molecule has 0 aliphatic carbocycles. The van der Waals surface area contributed by atoms with Crippen LogP contribution in [0.2, 0.25) is 0 Å². The van der Waals surface area contributed by atoms with Gasteiger partial charge in [0.1, 0.15) is 21.4 Å². The molecule has 212 valence electrons. The molecule has 12 heteroatoms. The predicted molar refractivity (Wildman–Crippen MR) is 161 cm³/mol. The fourth-order valence-electron chi connectivity index (χ4n) is 4.13. The van der Waals surface area contributed by atoms with Gasteiger partial charge in [-0.3, -0.25) is 9.78 Å². The molecule has 3 N–H and O–H groups in total. The van der Waals surface area contributed by atoms with Gasteiger partial charge in [-0.2, -0.15) is 0 Å². The predicted octanol–water partition coefficient (Wildman–Crippen LogP) is 5.40. The first-order chi connectivity index (χ1) is 19.7. The Morgan fingerprint density at radius 1 is 1.02 bits per heavy atom. The Bertz CT molecular complexity index is 1780. The van der Waals surface area contributed by atoms with Crippen LogP contribution >= 0.6 is 11.3 Å². The molecule has 0 fully saturated rings. The molecule has 0 bridgehead atoms. The molecule has 0 atom stereocenters. The second-order valence-corrected chi connectivity index (χ2v) is 12.6. The number of hydrogen-bond donors (Lipinski definition) is 3. The maximum atomic E-state index is 12.6. The van der Waals surface area contributed by atoms with E-state index >= 15 is 0 Å². The highest BCUT2D eigenvalue weighted by atomic mass is 32.2. The largest absolute Gasteiger partial charge is 0.457 e. The van der Waals surface area contributed by atoms with E-state index in [1.54, 1.807) is 17.5 Å². The van der Waals surface area contributed by atoms with Gasteiger partial charge in [0.2, 0.25) is 16.0 Å². The first-order valence-corrected chi connectivity index (χ1v) is 15.3. The number of amides is 1. The number of benzene rings is 2. The molecule has 0 radical (unpaired) electrons. The number of nitrogens with zero attached hydrogens (tertiary/aromatic N) is 3. The summed E-state index contributed by atoms with van der Waals surface area (Å²) in [6.45, 7) is 4.47. The lowest BCUT2D eigenvalue weighted by atomic mass is 10.0. The molecular weight excluding hydrogens is 560 g/mol. The van der Waals surface area contributed by atoms with Crippen LogP contribution in [-0.4, -0.2) is 41.9 Å². The van der Waals surface area contributed by atoms with Gasteiger partial charge in [0, 0.05) is 44.2 Å². The third kappa shape index (κ3) is 6.73. The van der Waals surface area contributed by atoms with Crippen LogP contribution in [0, 0.1) is 0 Å². The van der Waals surface area contributed by atoms with Crippen LogP contribution in [-0.2, 0) is 17.1 Å². The van der Waals surface area contributed by atoms with Crippen molar-refractivity contribution in [3.05, 3.63) is 89.6 Å². The van der Waals surface area contributed by atoms with Crippen molar-refractivity contribution in [1.29, 1.82) is 0 Å². The van der Waals surface area contributed by atoms with Gasteiger partial charge in [-0.1, -0.05) is 32.0 Å². The molecule has 5 aromatic rings. The monoisotopic (exact) mass is 590 g/mol. The zero-order valence-electron chi connectivity index (χ0n) is 22.8. The topological polar surface area (TPSA) is 127 Å². The second kappa shape index (κ2) is 12.1. The number of pyridine rings is 1. The SMILES string of the molecule is CC(C)c1cccc(Nc2nc3cc(Oc4ccnc(C(=O)NCCNS(=O)(=O)c5cccs5)c4)ccc3n2C)c1. The van der Waals surface area contributed by atoms with Gasteiger partial charge in [0.05, 0.1) is 11.0 Å². The number of aromatic nitrogens is 3. The van der Waals surface area contributed by atoms with Crippen molar-refractivity contribution in [1.82, 2.24) is 24.6 Å². The van der Waals surface area contributed by atoms with Crippen molar-refractivity contribution in [2.45, 2.75) is 24.0 Å². The van der Waals surface area contributed by atoms with Crippen molar-refractivity contribution in [2.75, 3.05) is 18.4 Å². The number of ether oxygens (including phenoxy) is 1. The molecule has 2 aromatic carbocycles. The first-order valence-electron chi connectivity index (χ1n) is 13.0. The van der Waals surface area contributed by atoms with Crippen LogP contribution in [0.5, 0.6) is 11.5 Å². The smallest absolute Gasteiger partial charge is 0.270 e. The summed E-state index contributed by atoms with van der Waals surface area (Å²) >= 11 is 1.13. The minimum Gasteiger partial charge on any atom is -0.457 e. The number of carbonyl (C=O) groups is 1. The summed E-state index contributed by atoms with van der Waals surface area (Å²) in [6, 6.07) is 20.3. The summed E-state index contributed by atoms with van der Waals surface area (Å²) in [5, 5.41) is 7.76. The van der Waals surface area contributed by atoms with Gasteiger partial charge < -0.3 is 19.9 Å². The third-order valence-electron chi connectivity index (χ3n) is 6.32. The van der Waals surface area contributed by atoms with Crippen molar-refractivity contribution < 1.29 is 17.9 Å². The van der Waals surface area contributed by atoms with Crippen molar-refractivity contribution in [2.24, 2.45) is 7.05 Å². The fraction of sp³-hybridized carbons (Fsp3) is 0.207. The average Bonchev–Trinajstić information content (AvgIpc) is 3.61. The maximum absolute atomic E-state index is 12.6. The first kappa shape index (κ1) is 28.3. The number of nitrogens with one attached hydrogen (secondary N) is 3. The second-order valence-electron chi connectivity index (χ2n) is 9.61. The number of hydrogen-bond acceptors (Lipinski definition) is 8. The lowest BCUT2D eigenvalue weighted by Crippen LogP contribution is -2.34. The fourth-order valence-corrected chi connectivity index (χ4v) is 6.20. The quantitative estimate of drug-likeness (QED) is 0.176. The van der Waals surface area contributed by atoms with E-state index in [2.05, 4.69) is 46.3 Å². The summed E-state index contributed by atoms with van der Waals surface area (Å²) < 4.78 is 35.1. The Morgan fingerprint density at radius 3 is 2.63 bits per heavy atom. The van der Waals surface area contributed by atoms with E-state index in [-0.39, 0.29) is 23.0 Å². The molecule has 0 unspecified atom stereocenters. The van der Waals surface area contributed by atoms with Crippen LogP contribution in [0.3, 0.4) is 0 Å². The molecule has 0 saturated heterocycles. The summed E-state index contributed by atoms with van der Waals surface area (Å²) in [7, 11) is -1.64. The molecule has 3 aromatic heterocycles. The summed E-state index contributed by atoms with van der Waals surface area (Å²) in [5.41, 5.74) is 4.05. The average molecular weight is 591 g/mol. The molecule has 10 nitrogen and oxygen atoms in total. The highest BCUT2D eigenvalue weighted by molar-refractivity contribution is 7.91. The summed E-state index contributed by atoms with van der Waals surface area (Å²) in [6.07, 6.45) is 1.48. The lowest BCUT2D eigenvalue weighted by Gasteiger charge is -2.10. The number of anilines is 2. The van der Waals surface area contributed by atoms with Crippen molar-refractivity contribution >= 4 is 49.9 Å². The Balaban J connectivity index is 1.22. The van der Waals surface area contributed by atoms with E-state index in [0.29, 0.717) is 23.4 Å². The summed E-state index contributed by atoms with van der Waals surface area (Å²) in [4.78, 5) is 21.5. The molecule has 0 spiro atoms. The number of carbonyl (C=O) groups excluding carboxylic acids is 1. The van der Waals surface area contributed by atoms with Crippen LogP contribution in [0.1, 0.15) is 35.8 Å². The van der Waals surface area contributed by atoms with Gasteiger partial charge in [0.25, 0.3) is 5.91 Å². The third-order valence-corrected chi connectivity index (χ3v) is 9.18. The standard InChI is InChI=1S/C29H30N6O4S2/c1-19(2)20-6-4-7-21(16-20)33-29-34-24-17-22(9-10-26(24)35(29)3)39-23-11-12-30-25(18-23)28(36)31-13-14-32-41(37,38)27-8-5-15-40-27/h4-12,15-19,32H,13-14H2,1-3H3,(H,31,36)(H,33,34). The molecule has 41 heavy (non-hydrogen) atoms. The number of fused-ring (bicyclic) bond motifs is 1. The molecule has 0 saturated carbocycles. The van der Waals surface area contributed by atoms with Crippen molar-refractivity contribution in [3.63, 3.8) is 0 Å². The molecule has 5 rings (SSSR count). The highest BCUT2D eigenvalue weighted by Gasteiger charge is 2.15. The van der Waals surface area contributed by atoms with Crippen LogP contribution in [0.25, 0.3) is 11.0 Å². The van der Waals surface area contributed by atoms with E-state index in [0.717, 1.165) is 28.1 Å². The van der Waals surface area contributed by atoms with Crippen LogP contribution in [0.4, 0.5) is 11.6 Å². The molecular formula is C29H30N6O4S2. The van der Waals surface area contributed by atoms with E-state index in [1.165, 1.54) is 23.9 Å². The van der Waals surface area contributed by atoms with Crippen LogP contribution < -0.4 is 20.1 Å². The van der Waals surface area contributed by atoms with E-state index in [4.69, 9.17) is 9.72 Å². The minimum absolute atomic E-state index is 0.0479. The Hall–Kier alpha value is -4.26. The van der Waals surface area contributed by atoms with E-state index in [9.17, 15) is 13.2 Å². The number of imidazole rings is 1. The van der Waals surface area contributed by atoms with Gasteiger partial charge in [-0.25, -0.2) is 18.1 Å². The van der Waals surface area contributed by atoms with Crippen molar-refractivity contribution in [3.8, 4) is 11.5 Å². The number of aryl methyl sites for hydroxylation is 1. The zero-order valence-corrected chi connectivity index (χ0v) is 24.4. The van der Waals surface area contributed by atoms with Gasteiger partial charge in [-0.15, -0.1) is 11.3 Å². The van der Waals surface area contributed by atoms with Gasteiger partial charge in [0.15, 0.2) is 0 Å². The highest BCUT2D eigenvalue weighted by Crippen LogP contribution is 2.29. The van der Waals surface area contributed by atoms with Crippen LogP contribution in [0.15, 0.2) is 82.5 Å². The zero-order chi connectivity index (χ0) is 29.0. The number of thiophene rings is 1. The normalized spacial score (nSPS) is 11.6. The molecule has 0 aliphatic heterocycles. The number of rotatable bonds is 11. The lowest BCUT2D eigenvalue weighted by molar-refractivity contribution is 0.0949. The Labute approximate surface area is 242 Å². The Kier molecular flexibility index (Phi) is 8.34. The maximum Gasteiger partial charge on any atom is 0.270 e. The van der Waals surface area contributed by atoms with E-state index < -0.39 is 15.9 Å². The minimum atomic E-state index is -3.59.